The van der Waals surface area contributed by atoms with E-state index >= 15 is 0 Å². The van der Waals surface area contributed by atoms with Gasteiger partial charge in [0.25, 0.3) is 5.24 Å². The zero-order chi connectivity index (χ0) is 18.8. The number of halogens is 6. The minimum absolute atomic E-state index is 0.102. The summed E-state index contributed by atoms with van der Waals surface area (Å²) in [5, 5.41) is -1.20. The molecule has 0 amide bonds. The molecule has 0 fully saturated rings. The molecule has 9 heteroatoms. The van der Waals surface area contributed by atoms with E-state index in [4.69, 9.17) is 44.3 Å². The molecule has 0 aromatic heterocycles. The van der Waals surface area contributed by atoms with Crippen molar-refractivity contribution in [3.63, 3.8) is 0 Å². The lowest BCUT2D eigenvalue weighted by Gasteiger charge is -2.14. The Morgan fingerprint density at radius 3 is 1.96 bits per heavy atom. The van der Waals surface area contributed by atoms with Gasteiger partial charge in [-0.3, -0.25) is 4.79 Å². The molecule has 0 aliphatic heterocycles. The molecule has 0 saturated carbocycles. The molecule has 0 saturated heterocycles. The summed E-state index contributed by atoms with van der Waals surface area (Å²) in [4.78, 5) is 10.9. The molecule has 0 N–H and O–H groups in total. The number of hydrogen-bond donors (Lipinski definition) is 0. The average molecular weight is 414 g/mol. The molecule has 0 heterocycles. The van der Waals surface area contributed by atoms with E-state index in [2.05, 4.69) is 0 Å². The molecule has 1 unspecified atom stereocenters. The first kappa shape index (κ1) is 19.7. The Kier molecular flexibility index (Phi) is 6.08. The van der Waals surface area contributed by atoms with Crippen molar-refractivity contribution in [2.24, 2.45) is 0 Å². The molecule has 0 aliphatic rings. The molecule has 3 nitrogen and oxygen atoms in total. The van der Waals surface area contributed by atoms with Gasteiger partial charge in [0.1, 0.15) is 11.5 Å². The van der Waals surface area contributed by atoms with Crippen LogP contribution in [0.2, 0.25) is 10.0 Å². The minimum atomic E-state index is -4.57. The van der Waals surface area contributed by atoms with E-state index in [0.717, 1.165) is 12.1 Å². The Morgan fingerprint density at radius 1 is 1.04 bits per heavy atom. The fourth-order valence-corrected chi connectivity index (χ4v) is 2.38. The number of alkyl halides is 3. The molecule has 25 heavy (non-hydrogen) atoms. The third-order valence-electron chi connectivity index (χ3n) is 3.00. The molecule has 1 atom stereocenters. The highest BCUT2D eigenvalue weighted by Crippen LogP contribution is 2.41. The maximum absolute atomic E-state index is 12.7. The van der Waals surface area contributed by atoms with Gasteiger partial charge in [0.2, 0.25) is 0 Å². The summed E-state index contributed by atoms with van der Waals surface area (Å²) < 4.78 is 48.8. The van der Waals surface area contributed by atoms with Crippen molar-refractivity contribution in [3.05, 3.63) is 52.0 Å². The Labute approximate surface area is 156 Å². The van der Waals surface area contributed by atoms with Crippen molar-refractivity contribution in [2.45, 2.75) is 19.2 Å². The largest absolute Gasteiger partial charge is 0.482 e. The number of carbonyl (C=O) groups excluding carboxylic acids is 1. The van der Waals surface area contributed by atoms with Crippen LogP contribution in [0.3, 0.4) is 0 Å². The van der Waals surface area contributed by atoms with Gasteiger partial charge in [0, 0.05) is 0 Å². The molecular weight excluding hydrogens is 404 g/mol. The van der Waals surface area contributed by atoms with Gasteiger partial charge in [-0.05, 0) is 54.9 Å². The zero-order valence-corrected chi connectivity index (χ0v) is 14.8. The van der Waals surface area contributed by atoms with Crippen LogP contribution in [0.4, 0.5) is 13.2 Å². The lowest BCUT2D eigenvalue weighted by Crippen LogP contribution is -2.18. The molecular formula is C16H10Cl3F3O3. The van der Waals surface area contributed by atoms with Crippen LogP contribution in [0, 0.1) is 0 Å². The van der Waals surface area contributed by atoms with Crippen LogP contribution in [0.5, 0.6) is 17.2 Å². The highest BCUT2D eigenvalue weighted by molar-refractivity contribution is 6.64. The van der Waals surface area contributed by atoms with E-state index in [1.807, 2.05) is 0 Å². The van der Waals surface area contributed by atoms with Crippen molar-refractivity contribution in [1.82, 2.24) is 0 Å². The van der Waals surface area contributed by atoms with Gasteiger partial charge in [-0.1, -0.05) is 23.2 Å². The maximum atomic E-state index is 12.7. The Morgan fingerprint density at radius 2 is 1.52 bits per heavy atom. The van der Waals surface area contributed by atoms with Crippen LogP contribution < -0.4 is 9.47 Å². The zero-order valence-electron chi connectivity index (χ0n) is 12.5. The van der Waals surface area contributed by atoms with E-state index in [9.17, 15) is 18.0 Å². The Hall–Kier alpha value is -1.63. The number of hydrogen-bond acceptors (Lipinski definition) is 3. The topological polar surface area (TPSA) is 35.5 Å². The molecule has 0 aliphatic carbocycles. The number of rotatable bonds is 5. The van der Waals surface area contributed by atoms with Crippen molar-refractivity contribution in [2.75, 3.05) is 0 Å². The molecule has 0 radical (unpaired) electrons. The van der Waals surface area contributed by atoms with Crippen LogP contribution in [-0.4, -0.2) is 11.3 Å². The van der Waals surface area contributed by atoms with Crippen molar-refractivity contribution in [3.8, 4) is 17.2 Å². The fraction of sp³-hybridized carbons (Fsp3) is 0.188. The normalized spacial score (nSPS) is 12.6. The highest BCUT2D eigenvalue weighted by Gasteiger charge is 2.32. The highest BCUT2D eigenvalue weighted by atomic mass is 35.5. The first-order chi connectivity index (χ1) is 11.6. The van der Waals surface area contributed by atoms with Gasteiger partial charge < -0.3 is 9.47 Å². The lowest BCUT2D eigenvalue weighted by molar-refractivity contribution is -0.137. The number of carbonyl (C=O) groups is 1. The fourth-order valence-electron chi connectivity index (χ4n) is 1.78. The van der Waals surface area contributed by atoms with Crippen LogP contribution in [0.25, 0.3) is 0 Å². The van der Waals surface area contributed by atoms with Crippen molar-refractivity contribution < 1.29 is 27.4 Å². The third-order valence-corrected chi connectivity index (χ3v) is 3.87. The summed E-state index contributed by atoms with van der Waals surface area (Å²) in [6.45, 7) is 1.49. The first-order valence-corrected chi connectivity index (χ1v) is 7.91. The predicted octanol–water partition coefficient (Wildman–Crippen LogP) is 6.34. The van der Waals surface area contributed by atoms with Gasteiger partial charge in [-0.15, -0.1) is 0 Å². The first-order valence-electron chi connectivity index (χ1n) is 6.78. The van der Waals surface area contributed by atoms with Gasteiger partial charge in [-0.25, -0.2) is 0 Å². The lowest BCUT2D eigenvalue weighted by atomic mass is 10.2. The summed E-state index contributed by atoms with van der Waals surface area (Å²) in [6.07, 6.45) is -5.39. The van der Waals surface area contributed by atoms with E-state index in [1.54, 1.807) is 0 Å². The smallest absolute Gasteiger partial charge is 0.416 e. The van der Waals surface area contributed by atoms with Gasteiger partial charge in [0.05, 0.1) is 15.6 Å². The maximum Gasteiger partial charge on any atom is 0.416 e. The predicted molar refractivity (Wildman–Crippen MR) is 88.9 cm³/mol. The van der Waals surface area contributed by atoms with Crippen LogP contribution in [-0.2, 0) is 11.0 Å². The molecule has 0 bridgehead atoms. The van der Waals surface area contributed by atoms with E-state index in [-0.39, 0.29) is 21.5 Å². The van der Waals surface area contributed by atoms with Gasteiger partial charge in [-0.2, -0.15) is 13.2 Å². The summed E-state index contributed by atoms with van der Waals surface area (Å²) >= 11 is 17.0. The SMILES string of the molecule is CC(Oc1ccc(Oc2c(Cl)cc(C(F)(F)F)cc2Cl)cc1)C(=O)Cl. The molecule has 2 rings (SSSR count). The van der Waals surface area contributed by atoms with E-state index < -0.39 is 23.1 Å². The van der Waals surface area contributed by atoms with Crippen molar-refractivity contribution in [1.29, 1.82) is 0 Å². The molecule has 134 valence electrons. The Balaban J connectivity index is 2.19. The number of ether oxygens (including phenoxy) is 2. The summed E-state index contributed by atoms with van der Waals surface area (Å²) in [7, 11) is 0. The van der Waals surface area contributed by atoms with Crippen LogP contribution in [0.1, 0.15) is 12.5 Å². The molecule has 2 aromatic rings. The van der Waals surface area contributed by atoms with E-state index in [1.165, 1.54) is 31.2 Å². The molecule has 2 aromatic carbocycles. The second kappa shape index (κ2) is 7.72. The van der Waals surface area contributed by atoms with Gasteiger partial charge >= 0.3 is 6.18 Å². The van der Waals surface area contributed by atoms with Crippen LogP contribution in [0.15, 0.2) is 36.4 Å². The molecule has 0 spiro atoms. The standard InChI is InChI=1S/C16H10Cl3F3O3/c1-8(15(19)23)24-10-2-4-11(5-3-10)25-14-12(17)6-9(7-13(14)18)16(20,21)22/h2-8H,1H3. The van der Waals surface area contributed by atoms with E-state index in [0.29, 0.717) is 5.75 Å². The summed E-state index contributed by atoms with van der Waals surface area (Å²) in [6, 6.07) is 7.41. The summed E-state index contributed by atoms with van der Waals surface area (Å²) in [5.41, 5.74) is -0.974. The van der Waals surface area contributed by atoms with Gasteiger partial charge in [0.15, 0.2) is 11.9 Å². The second-order valence-electron chi connectivity index (χ2n) is 4.90. The third kappa shape index (κ3) is 5.17. The quantitative estimate of drug-likeness (QED) is 0.537. The number of benzene rings is 2. The van der Waals surface area contributed by atoms with Crippen molar-refractivity contribution >= 4 is 40.0 Å². The monoisotopic (exact) mass is 412 g/mol. The Bertz CT molecular complexity index is 753. The average Bonchev–Trinajstić information content (AvgIpc) is 2.51. The summed E-state index contributed by atoms with van der Waals surface area (Å²) in [5.74, 6) is 0.522. The second-order valence-corrected chi connectivity index (χ2v) is 6.09. The minimum Gasteiger partial charge on any atom is -0.482 e. The van der Waals surface area contributed by atoms with Crippen LogP contribution >= 0.6 is 34.8 Å².